The largest absolute Gasteiger partial charge is 0.467 e. The first kappa shape index (κ1) is 28.9. The fraction of sp³-hybridized carbons (Fsp3) is 0.357. The third-order valence-electron chi connectivity index (χ3n) is 5.04. The van der Waals surface area contributed by atoms with Gasteiger partial charge in [0, 0.05) is 21.7 Å². The Morgan fingerprint density at radius 2 is 1.55 bits per heavy atom. The molecule has 0 spiro atoms. The van der Waals surface area contributed by atoms with E-state index in [1.54, 1.807) is 65.8 Å². The number of rotatable bonds is 5. The fourth-order valence-corrected chi connectivity index (χ4v) is 3.96. The summed E-state index contributed by atoms with van der Waals surface area (Å²) in [6, 6.07) is 13.5. The SMILES string of the molecule is COC(=O)C(Nc1ccc2c(N(C(=O)OC(C)(C)C)C(=O)OC(C)(C)C)nccc2c1)c1cccc(Br)c1. The Morgan fingerprint density at radius 3 is 2.11 bits per heavy atom. The molecular weight excluding hydrogens is 554 g/mol. The van der Waals surface area contributed by atoms with Crippen LogP contribution in [0.15, 0.2) is 59.2 Å². The number of esters is 1. The van der Waals surface area contributed by atoms with Crippen molar-refractivity contribution in [1.29, 1.82) is 0 Å². The van der Waals surface area contributed by atoms with E-state index in [9.17, 15) is 14.4 Å². The second-order valence-electron chi connectivity index (χ2n) is 10.5. The van der Waals surface area contributed by atoms with Crippen LogP contribution in [0.4, 0.5) is 21.1 Å². The van der Waals surface area contributed by atoms with E-state index in [4.69, 9.17) is 14.2 Å². The second kappa shape index (κ2) is 11.4. The average molecular weight is 586 g/mol. The summed E-state index contributed by atoms with van der Waals surface area (Å²) in [5, 5.41) is 4.38. The number of nitrogens with one attached hydrogen (secondary N) is 1. The Balaban J connectivity index is 2.04. The zero-order valence-corrected chi connectivity index (χ0v) is 24.1. The molecule has 0 fully saturated rings. The molecular formula is C28H32BrN3O6. The Hall–Kier alpha value is -3.66. The van der Waals surface area contributed by atoms with Gasteiger partial charge in [0.1, 0.15) is 11.2 Å². The molecule has 1 heterocycles. The highest BCUT2D eigenvalue weighted by Gasteiger charge is 2.34. The Kier molecular flexibility index (Phi) is 8.66. The molecule has 1 unspecified atom stereocenters. The van der Waals surface area contributed by atoms with Crippen LogP contribution in [0.3, 0.4) is 0 Å². The topological polar surface area (TPSA) is 107 Å². The van der Waals surface area contributed by atoms with E-state index in [-0.39, 0.29) is 5.82 Å². The van der Waals surface area contributed by atoms with E-state index < -0.39 is 35.4 Å². The van der Waals surface area contributed by atoms with Crippen molar-refractivity contribution in [2.75, 3.05) is 17.3 Å². The van der Waals surface area contributed by atoms with E-state index in [0.717, 1.165) is 9.37 Å². The Morgan fingerprint density at radius 1 is 0.921 bits per heavy atom. The van der Waals surface area contributed by atoms with E-state index in [0.29, 0.717) is 22.0 Å². The summed E-state index contributed by atoms with van der Waals surface area (Å²) in [7, 11) is 1.33. The Bertz CT molecular complexity index is 1320. The van der Waals surface area contributed by atoms with Crippen molar-refractivity contribution in [3.63, 3.8) is 0 Å². The van der Waals surface area contributed by atoms with Gasteiger partial charge in [-0.3, -0.25) is 0 Å². The molecule has 3 rings (SSSR count). The number of carbonyl (C=O) groups is 3. The highest BCUT2D eigenvalue weighted by atomic mass is 79.9. The number of imide groups is 1. The van der Waals surface area contributed by atoms with Crippen LogP contribution < -0.4 is 10.2 Å². The molecule has 202 valence electrons. The molecule has 0 radical (unpaired) electrons. The molecule has 3 aromatic rings. The second-order valence-corrected chi connectivity index (χ2v) is 11.4. The van der Waals surface area contributed by atoms with Crippen LogP contribution in [0.1, 0.15) is 53.1 Å². The number of methoxy groups -OCH3 is 1. The summed E-state index contributed by atoms with van der Waals surface area (Å²) >= 11 is 3.43. The average Bonchev–Trinajstić information content (AvgIpc) is 2.80. The predicted molar refractivity (Wildman–Crippen MR) is 149 cm³/mol. The minimum absolute atomic E-state index is 0.0639. The molecule has 0 aliphatic heterocycles. The number of halogens is 1. The van der Waals surface area contributed by atoms with Gasteiger partial charge in [0.2, 0.25) is 0 Å². The molecule has 2 aromatic carbocycles. The summed E-state index contributed by atoms with van der Waals surface area (Å²) in [4.78, 5) is 44.0. The number of ether oxygens (including phenoxy) is 3. The van der Waals surface area contributed by atoms with E-state index in [1.807, 2.05) is 24.3 Å². The van der Waals surface area contributed by atoms with Crippen LogP contribution in [0.2, 0.25) is 0 Å². The molecule has 1 atom stereocenters. The number of amides is 2. The number of fused-ring (bicyclic) bond motifs is 1. The first-order valence-corrected chi connectivity index (χ1v) is 12.7. The lowest BCUT2D eigenvalue weighted by Crippen LogP contribution is -2.44. The lowest BCUT2D eigenvalue weighted by atomic mass is 10.1. The first-order valence-electron chi connectivity index (χ1n) is 11.9. The molecule has 2 amide bonds. The molecule has 1 aromatic heterocycles. The molecule has 0 aliphatic rings. The monoisotopic (exact) mass is 585 g/mol. The molecule has 0 bridgehead atoms. The first-order chi connectivity index (χ1) is 17.7. The van der Waals surface area contributed by atoms with Gasteiger partial charge in [-0.2, -0.15) is 4.90 Å². The third-order valence-corrected chi connectivity index (χ3v) is 5.53. The van der Waals surface area contributed by atoms with E-state index in [2.05, 4.69) is 26.2 Å². The number of aromatic nitrogens is 1. The van der Waals surface area contributed by atoms with Gasteiger partial charge in [0.05, 0.1) is 7.11 Å². The van der Waals surface area contributed by atoms with Gasteiger partial charge in [-0.05, 0) is 88.9 Å². The van der Waals surface area contributed by atoms with Crippen molar-refractivity contribution in [2.45, 2.75) is 58.8 Å². The van der Waals surface area contributed by atoms with Crippen molar-refractivity contribution >= 4 is 56.4 Å². The summed E-state index contributed by atoms with van der Waals surface area (Å²) in [6.45, 7) is 10.2. The van der Waals surface area contributed by atoms with Crippen molar-refractivity contribution in [3.05, 3.63) is 64.8 Å². The van der Waals surface area contributed by atoms with Gasteiger partial charge < -0.3 is 19.5 Å². The molecule has 1 N–H and O–H groups in total. The minimum atomic E-state index is -0.908. The van der Waals surface area contributed by atoms with Crippen LogP contribution in [0.5, 0.6) is 0 Å². The molecule has 0 saturated carbocycles. The lowest BCUT2D eigenvalue weighted by molar-refractivity contribution is -0.141. The van der Waals surface area contributed by atoms with Crippen LogP contribution in [0.25, 0.3) is 10.8 Å². The van der Waals surface area contributed by atoms with E-state index >= 15 is 0 Å². The number of hydrogen-bond donors (Lipinski definition) is 1. The standard InChI is InChI=1S/C28H32BrN3O6/c1-27(2,3)37-25(34)32(26(35)38-28(4,5)6)23-21-12-11-20(16-17(21)13-14-30-23)31-22(24(33)36-7)18-9-8-10-19(29)15-18/h8-16,22,31H,1-7H3. The van der Waals surface area contributed by atoms with Crippen LogP contribution >= 0.6 is 15.9 Å². The summed E-state index contributed by atoms with van der Waals surface area (Å²) in [5.41, 5.74) is -0.378. The quantitative estimate of drug-likeness (QED) is 0.252. The fourth-order valence-electron chi connectivity index (χ4n) is 3.54. The van der Waals surface area contributed by atoms with Gasteiger partial charge >= 0.3 is 18.2 Å². The van der Waals surface area contributed by atoms with Crippen LogP contribution in [0, 0.1) is 0 Å². The lowest BCUT2D eigenvalue weighted by Gasteiger charge is -2.28. The number of nitrogens with zero attached hydrogens (tertiary/aromatic N) is 2. The molecule has 9 nitrogen and oxygen atoms in total. The zero-order chi connectivity index (χ0) is 28.3. The highest BCUT2D eigenvalue weighted by molar-refractivity contribution is 9.10. The van der Waals surface area contributed by atoms with Crippen molar-refractivity contribution in [2.24, 2.45) is 0 Å². The number of hydrogen-bond acceptors (Lipinski definition) is 8. The maximum atomic E-state index is 13.1. The molecule has 38 heavy (non-hydrogen) atoms. The molecule has 0 aliphatic carbocycles. The van der Waals surface area contributed by atoms with Crippen molar-refractivity contribution in [3.8, 4) is 0 Å². The maximum Gasteiger partial charge on any atom is 0.425 e. The molecule has 0 saturated heterocycles. The zero-order valence-electron chi connectivity index (χ0n) is 22.5. The summed E-state index contributed by atoms with van der Waals surface area (Å²) in [6.07, 6.45) is -0.335. The highest BCUT2D eigenvalue weighted by Crippen LogP contribution is 2.31. The van der Waals surface area contributed by atoms with Crippen molar-refractivity contribution in [1.82, 2.24) is 4.98 Å². The maximum absolute atomic E-state index is 13.1. The summed E-state index contributed by atoms with van der Waals surface area (Å²) in [5.74, 6) is -0.395. The van der Waals surface area contributed by atoms with Gasteiger partial charge in [-0.1, -0.05) is 28.1 Å². The van der Waals surface area contributed by atoms with Crippen LogP contribution in [-0.4, -0.2) is 41.5 Å². The number of carbonyl (C=O) groups excluding carboxylic acids is 3. The normalized spacial score (nSPS) is 12.4. The van der Waals surface area contributed by atoms with Crippen LogP contribution in [-0.2, 0) is 19.0 Å². The van der Waals surface area contributed by atoms with Gasteiger partial charge in [0.25, 0.3) is 0 Å². The minimum Gasteiger partial charge on any atom is -0.467 e. The molecule has 10 heteroatoms. The van der Waals surface area contributed by atoms with Gasteiger partial charge in [-0.25, -0.2) is 19.4 Å². The van der Waals surface area contributed by atoms with E-state index in [1.165, 1.54) is 13.3 Å². The van der Waals surface area contributed by atoms with Crippen molar-refractivity contribution < 1.29 is 28.6 Å². The number of anilines is 2. The van der Waals surface area contributed by atoms with Gasteiger partial charge in [0.15, 0.2) is 11.9 Å². The third kappa shape index (κ3) is 7.44. The smallest absolute Gasteiger partial charge is 0.425 e. The van der Waals surface area contributed by atoms with Gasteiger partial charge in [-0.15, -0.1) is 0 Å². The summed E-state index contributed by atoms with van der Waals surface area (Å²) < 4.78 is 16.8. The number of pyridine rings is 1. The predicted octanol–water partition coefficient (Wildman–Crippen LogP) is 7.00. The number of benzene rings is 2. The Labute approximate surface area is 230 Å².